The topological polar surface area (TPSA) is 80.1 Å². The van der Waals surface area contributed by atoms with E-state index in [1.807, 2.05) is 24.0 Å². The van der Waals surface area contributed by atoms with Gasteiger partial charge in [0.1, 0.15) is 10.7 Å². The molecule has 0 bridgehead atoms. The van der Waals surface area contributed by atoms with Crippen molar-refractivity contribution in [3.8, 4) is 0 Å². The van der Waals surface area contributed by atoms with Crippen LogP contribution in [-0.4, -0.2) is 47.1 Å². The summed E-state index contributed by atoms with van der Waals surface area (Å²) in [4.78, 5) is 4.49. The summed E-state index contributed by atoms with van der Waals surface area (Å²) in [6.07, 6.45) is 8.19. The monoisotopic (exact) mass is 349 g/mol. The van der Waals surface area contributed by atoms with E-state index < -0.39 is 10.0 Å². The minimum atomic E-state index is -3.41. The highest BCUT2D eigenvalue weighted by atomic mass is 32.2. The Balaban J connectivity index is 1.58. The third kappa shape index (κ3) is 3.93. The lowest BCUT2D eigenvalue weighted by Gasteiger charge is -2.25. The molecule has 0 atom stereocenters. The second-order valence-corrected chi connectivity index (χ2v) is 7.99. The zero-order chi connectivity index (χ0) is 17.0. The fourth-order valence-corrected chi connectivity index (χ4v) is 4.24. The van der Waals surface area contributed by atoms with Crippen molar-refractivity contribution < 1.29 is 8.42 Å². The lowest BCUT2D eigenvalue weighted by atomic mass is 10.2. The minimum absolute atomic E-state index is 0.262. The molecule has 1 N–H and O–H groups in total. The number of pyridine rings is 1. The van der Waals surface area contributed by atoms with E-state index in [1.165, 1.54) is 6.20 Å². The van der Waals surface area contributed by atoms with E-state index in [0.29, 0.717) is 25.5 Å². The SMILES string of the molecule is Cc1cnn(CCNc2ccc(S(=O)(=O)N3CCCCC3)cn2)c1. The number of nitrogens with zero attached hydrogens (tertiary/aromatic N) is 4. The van der Waals surface area contributed by atoms with Gasteiger partial charge in [0, 0.05) is 32.0 Å². The number of aromatic nitrogens is 3. The molecule has 1 fully saturated rings. The summed E-state index contributed by atoms with van der Waals surface area (Å²) in [6.45, 7) is 4.60. The van der Waals surface area contributed by atoms with Gasteiger partial charge in [0.05, 0.1) is 12.7 Å². The molecule has 0 saturated carbocycles. The van der Waals surface area contributed by atoms with Crippen LogP contribution in [-0.2, 0) is 16.6 Å². The van der Waals surface area contributed by atoms with E-state index in [-0.39, 0.29) is 4.90 Å². The van der Waals surface area contributed by atoms with Crippen molar-refractivity contribution in [2.45, 2.75) is 37.6 Å². The van der Waals surface area contributed by atoms with Crippen LogP contribution < -0.4 is 5.32 Å². The molecule has 1 saturated heterocycles. The molecule has 1 aliphatic rings. The maximum atomic E-state index is 12.6. The number of sulfonamides is 1. The number of aryl methyl sites for hydroxylation is 1. The first kappa shape index (κ1) is 16.9. The number of rotatable bonds is 6. The Kier molecular flexibility index (Phi) is 5.15. The average Bonchev–Trinajstić information content (AvgIpc) is 3.01. The van der Waals surface area contributed by atoms with Crippen molar-refractivity contribution >= 4 is 15.8 Å². The van der Waals surface area contributed by atoms with E-state index in [4.69, 9.17) is 0 Å². The summed E-state index contributed by atoms with van der Waals surface area (Å²) in [5.41, 5.74) is 1.13. The second-order valence-electron chi connectivity index (χ2n) is 6.05. The molecule has 0 spiro atoms. The molecule has 0 aliphatic carbocycles. The molecule has 2 aromatic rings. The van der Waals surface area contributed by atoms with Crippen molar-refractivity contribution in [1.29, 1.82) is 0 Å². The van der Waals surface area contributed by atoms with Crippen LogP contribution in [0.2, 0.25) is 0 Å². The van der Waals surface area contributed by atoms with Crippen LogP contribution in [0, 0.1) is 6.92 Å². The maximum Gasteiger partial charge on any atom is 0.244 e. The number of hydrogen-bond acceptors (Lipinski definition) is 5. The highest BCUT2D eigenvalue weighted by Crippen LogP contribution is 2.20. The van der Waals surface area contributed by atoms with Crippen LogP contribution >= 0.6 is 0 Å². The molecule has 0 amide bonds. The zero-order valence-corrected chi connectivity index (χ0v) is 14.7. The van der Waals surface area contributed by atoms with Crippen molar-refractivity contribution in [2.24, 2.45) is 0 Å². The second kappa shape index (κ2) is 7.31. The summed E-state index contributed by atoms with van der Waals surface area (Å²) < 4.78 is 28.5. The number of anilines is 1. The molecule has 3 rings (SSSR count). The lowest BCUT2D eigenvalue weighted by Crippen LogP contribution is -2.35. The highest BCUT2D eigenvalue weighted by Gasteiger charge is 2.25. The molecule has 0 radical (unpaired) electrons. The molecule has 24 heavy (non-hydrogen) atoms. The van der Waals surface area contributed by atoms with E-state index in [1.54, 1.807) is 16.4 Å². The van der Waals surface area contributed by atoms with Gasteiger partial charge in [0.15, 0.2) is 0 Å². The first-order valence-electron chi connectivity index (χ1n) is 8.25. The Morgan fingerprint density at radius 1 is 1.17 bits per heavy atom. The van der Waals surface area contributed by atoms with E-state index in [9.17, 15) is 8.42 Å². The van der Waals surface area contributed by atoms with Gasteiger partial charge in [-0.2, -0.15) is 9.40 Å². The quantitative estimate of drug-likeness (QED) is 0.861. The minimum Gasteiger partial charge on any atom is -0.368 e. The summed E-state index contributed by atoms with van der Waals surface area (Å²) in [5, 5.41) is 7.40. The summed E-state index contributed by atoms with van der Waals surface area (Å²) >= 11 is 0. The van der Waals surface area contributed by atoms with Crippen LogP contribution in [0.25, 0.3) is 0 Å². The van der Waals surface area contributed by atoms with Gasteiger partial charge in [0.25, 0.3) is 0 Å². The van der Waals surface area contributed by atoms with Crippen molar-refractivity contribution in [2.75, 3.05) is 25.0 Å². The van der Waals surface area contributed by atoms with Crippen LogP contribution in [0.5, 0.6) is 0 Å². The van der Waals surface area contributed by atoms with Gasteiger partial charge in [-0.05, 0) is 37.5 Å². The predicted molar refractivity (Wildman–Crippen MR) is 92.3 cm³/mol. The fourth-order valence-electron chi connectivity index (χ4n) is 2.78. The molecule has 2 aromatic heterocycles. The first-order valence-corrected chi connectivity index (χ1v) is 9.69. The Morgan fingerprint density at radius 3 is 2.58 bits per heavy atom. The van der Waals surface area contributed by atoms with Crippen LogP contribution in [0.15, 0.2) is 35.6 Å². The van der Waals surface area contributed by atoms with E-state index in [2.05, 4.69) is 15.4 Å². The normalized spacial score (nSPS) is 16.2. The molecule has 0 unspecified atom stereocenters. The Bertz CT molecular complexity index is 764. The van der Waals surface area contributed by atoms with E-state index in [0.717, 1.165) is 31.4 Å². The van der Waals surface area contributed by atoms with Crippen LogP contribution in [0.4, 0.5) is 5.82 Å². The molecule has 130 valence electrons. The molecule has 8 heteroatoms. The molecule has 1 aliphatic heterocycles. The first-order chi connectivity index (χ1) is 11.6. The maximum absolute atomic E-state index is 12.6. The van der Waals surface area contributed by atoms with Gasteiger partial charge < -0.3 is 5.32 Å². The van der Waals surface area contributed by atoms with Crippen molar-refractivity contribution in [1.82, 2.24) is 19.1 Å². The molecular formula is C16H23N5O2S. The smallest absolute Gasteiger partial charge is 0.244 e. The van der Waals surface area contributed by atoms with Crippen molar-refractivity contribution in [3.63, 3.8) is 0 Å². The Morgan fingerprint density at radius 2 is 1.96 bits per heavy atom. The zero-order valence-electron chi connectivity index (χ0n) is 13.9. The average molecular weight is 349 g/mol. The van der Waals surface area contributed by atoms with Gasteiger partial charge in [-0.15, -0.1) is 0 Å². The van der Waals surface area contributed by atoms with Crippen LogP contribution in [0.1, 0.15) is 24.8 Å². The summed E-state index contributed by atoms with van der Waals surface area (Å²) in [6, 6.07) is 3.34. The number of nitrogens with one attached hydrogen (secondary N) is 1. The fraction of sp³-hybridized carbons (Fsp3) is 0.500. The molecule has 7 nitrogen and oxygen atoms in total. The Labute approximate surface area is 142 Å². The molecular weight excluding hydrogens is 326 g/mol. The lowest BCUT2D eigenvalue weighted by molar-refractivity contribution is 0.346. The number of piperidine rings is 1. The summed E-state index contributed by atoms with van der Waals surface area (Å²) in [7, 11) is -3.41. The van der Waals surface area contributed by atoms with Crippen LogP contribution in [0.3, 0.4) is 0 Å². The molecule has 3 heterocycles. The van der Waals surface area contributed by atoms with Gasteiger partial charge in [-0.1, -0.05) is 6.42 Å². The molecule has 0 aromatic carbocycles. The predicted octanol–water partition coefficient (Wildman–Crippen LogP) is 1.87. The summed E-state index contributed by atoms with van der Waals surface area (Å²) in [5.74, 6) is 0.663. The Hall–Kier alpha value is -1.93. The van der Waals surface area contributed by atoms with Gasteiger partial charge in [-0.3, -0.25) is 4.68 Å². The standard InChI is InChI=1S/C16H23N5O2S/c1-14-11-19-20(13-14)10-7-17-16-6-5-15(12-18-16)24(22,23)21-8-3-2-4-9-21/h5-6,11-13H,2-4,7-10H2,1H3,(H,17,18). The van der Waals surface area contributed by atoms with Gasteiger partial charge in [-0.25, -0.2) is 13.4 Å². The third-order valence-corrected chi connectivity index (χ3v) is 5.98. The van der Waals surface area contributed by atoms with Gasteiger partial charge >= 0.3 is 0 Å². The number of hydrogen-bond donors (Lipinski definition) is 1. The largest absolute Gasteiger partial charge is 0.368 e. The highest BCUT2D eigenvalue weighted by molar-refractivity contribution is 7.89. The van der Waals surface area contributed by atoms with Crippen molar-refractivity contribution in [3.05, 3.63) is 36.3 Å². The van der Waals surface area contributed by atoms with E-state index >= 15 is 0 Å². The third-order valence-electron chi connectivity index (χ3n) is 4.10. The van der Waals surface area contributed by atoms with Gasteiger partial charge in [0.2, 0.25) is 10.0 Å².